The number of benzene rings is 1. The summed E-state index contributed by atoms with van der Waals surface area (Å²) in [5.41, 5.74) is -1.41. The molecular weight excluding hydrogens is 207 g/mol. The number of rotatable bonds is 3. The van der Waals surface area contributed by atoms with E-state index in [1.54, 1.807) is 0 Å². The average molecular weight is 214 g/mol. The minimum absolute atomic E-state index is 0.0991. The van der Waals surface area contributed by atoms with Crippen LogP contribution in [0.25, 0.3) is 0 Å². The molecule has 1 rings (SSSR count). The van der Waals surface area contributed by atoms with Crippen LogP contribution >= 0.6 is 0 Å². The van der Waals surface area contributed by atoms with Gasteiger partial charge in [0.25, 0.3) is 5.69 Å². The molecule has 0 radical (unpaired) electrons. The normalized spacial score (nSPS) is 9.73. The third-order valence-corrected chi connectivity index (χ3v) is 1.78. The van der Waals surface area contributed by atoms with Gasteiger partial charge < -0.3 is 10.4 Å². The monoisotopic (exact) mass is 214 g/mol. The Morgan fingerprint density at radius 2 is 2.20 bits per heavy atom. The molecule has 0 aromatic heterocycles. The van der Waals surface area contributed by atoms with Crippen molar-refractivity contribution < 1.29 is 19.2 Å². The molecule has 7 heteroatoms. The molecule has 0 heterocycles. The summed E-state index contributed by atoms with van der Waals surface area (Å²) < 4.78 is 13.1. The quantitative estimate of drug-likeness (QED) is 0.587. The van der Waals surface area contributed by atoms with Crippen LogP contribution in [0.1, 0.15) is 10.4 Å². The van der Waals surface area contributed by atoms with Gasteiger partial charge in [0, 0.05) is 7.05 Å². The first-order chi connectivity index (χ1) is 6.97. The molecule has 0 unspecified atom stereocenters. The molecule has 15 heavy (non-hydrogen) atoms. The molecule has 0 aliphatic heterocycles. The van der Waals surface area contributed by atoms with Gasteiger partial charge in [-0.25, -0.2) is 9.18 Å². The smallest absolute Gasteiger partial charge is 0.342 e. The molecular formula is C8H7FN2O4. The highest BCUT2D eigenvalue weighted by Gasteiger charge is 2.22. The second kappa shape index (κ2) is 3.91. The molecule has 1 aromatic rings. The van der Waals surface area contributed by atoms with Crippen LogP contribution in [0.5, 0.6) is 0 Å². The standard InChI is InChI=1S/C8H7FN2O4/c1-10-6-2-4(8(12)13)7(11(14)15)3-5(6)9/h2-3,10H,1H3,(H,12,13). The Kier molecular flexibility index (Phi) is 2.84. The number of carboxylic acids is 1. The lowest BCUT2D eigenvalue weighted by Gasteiger charge is -2.04. The van der Waals surface area contributed by atoms with Crippen molar-refractivity contribution in [2.75, 3.05) is 12.4 Å². The Labute approximate surface area is 83.5 Å². The summed E-state index contributed by atoms with van der Waals surface area (Å²) in [5, 5.41) is 21.5. The number of nitro groups is 1. The maximum atomic E-state index is 13.1. The lowest BCUT2D eigenvalue weighted by atomic mass is 10.1. The fraction of sp³-hybridized carbons (Fsp3) is 0.125. The molecule has 6 nitrogen and oxygen atoms in total. The van der Waals surface area contributed by atoms with Crippen LogP contribution in [0.3, 0.4) is 0 Å². The number of hydrogen-bond donors (Lipinski definition) is 2. The molecule has 0 aliphatic carbocycles. The van der Waals surface area contributed by atoms with Crippen LogP contribution in [0.4, 0.5) is 15.8 Å². The van der Waals surface area contributed by atoms with Crippen molar-refractivity contribution in [3.8, 4) is 0 Å². The third-order valence-electron chi connectivity index (χ3n) is 1.78. The van der Waals surface area contributed by atoms with Gasteiger partial charge in [-0.1, -0.05) is 0 Å². The highest BCUT2D eigenvalue weighted by atomic mass is 19.1. The van der Waals surface area contributed by atoms with E-state index in [9.17, 15) is 19.3 Å². The van der Waals surface area contributed by atoms with Crippen molar-refractivity contribution in [3.63, 3.8) is 0 Å². The first kappa shape index (κ1) is 10.9. The van der Waals surface area contributed by atoms with Gasteiger partial charge in [-0.05, 0) is 6.07 Å². The Morgan fingerprint density at radius 3 is 2.60 bits per heavy atom. The van der Waals surface area contributed by atoms with Crippen LogP contribution in [-0.2, 0) is 0 Å². The molecule has 0 atom stereocenters. The first-order valence-corrected chi connectivity index (χ1v) is 3.86. The maximum absolute atomic E-state index is 13.1. The number of nitrogens with one attached hydrogen (secondary N) is 1. The molecule has 0 saturated heterocycles. The number of carbonyl (C=O) groups is 1. The van der Waals surface area contributed by atoms with Crippen molar-refractivity contribution in [2.24, 2.45) is 0 Å². The van der Waals surface area contributed by atoms with E-state index in [2.05, 4.69) is 5.32 Å². The maximum Gasteiger partial charge on any atom is 0.342 e. The van der Waals surface area contributed by atoms with Gasteiger partial charge in [-0.3, -0.25) is 10.1 Å². The van der Waals surface area contributed by atoms with Gasteiger partial charge in [0.15, 0.2) is 5.82 Å². The van der Waals surface area contributed by atoms with Crippen molar-refractivity contribution in [1.82, 2.24) is 0 Å². The number of carboxylic acid groups (broad SMARTS) is 1. The number of hydrogen-bond acceptors (Lipinski definition) is 4. The number of aromatic carboxylic acids is 1. The van der Waals surface area contributed by atoms with Gasteiger partial charge in [0.2, 0.25) is 0 Å². The van der Waals surface area contributed by atoms with Gasteiger partial charge >= 0.3 is 5.97 Å². The number of halogens is 1. The van der Waals surface area contributed by atoms with E-state index >= 15 is 0 Å². The van der Waals surface area contributed by atoms with Crippen molar-refractivity contribution >= 4 is 17.3 Å². The summed E-state index contributed by atoms with van der Waals surface area (Å²) in [7, 11) is 1.38. The molecule has 2 N–H and O–H groups in total. The third kappa shape index (κ3) is 2.01. The lowest BCUT2D eigenvalue weighted by Crippen LogP contribution is -2.05. The van der Waals surface area contributed by atoms with E-state index < -0.39 is 28.0 Å². The van der Waals surface area contributed by atoms with Crippen molar-refractivity contribution in [1.29, 1.82) is 0 Å². The Hall–Kier alpha value is -2.18. The molecule has 0 spiro atoms. The van der Waals surface area contributed by atoms with Gasteiger partial charge in [-0.2, -0.15) is 0 Å². The summed E-state index contributed by atoms with van der Waals surface area (Å²) >= 11 is 0. The molecule has 0 amide bonds. The zero-order chi connectivity index (χ0) is 11.6. The zero-order valence-electron chi connectivity index (χ0n) is 7.65. The summed E-state index contributed by atoms with van der Waals surface area (Å²) in [6.45, 7) is 0. The minimum atomic E-state index is -1.47. The van der Waals surface area contributed by atoms with Crippen LogP contribution in [0.2, 0.25) is 0 Å². The highest BCUT2D eigenvalue weighted by molar-refractivity contribution is 5.93. The van der Waals surface area contributed by atoms with Gasteiger partial charge in [-0.15, -0.1) is 0 Å². The average Bonchev–Trinajstić information content (AvgIpc) is 2.16. The largest absolute Gasteiger partial charge is 0.477 e. The molecule has 1 aromatic carbocycles. The lowest BCUT2D eigenvalue weighted by molar-refractivity contribution is -0.385. The second-order valence-electron chi connectivity index (χ2n) is 2.66. The number of nitro benzene ring substituents is 1. The molecule has 0 saturated carbocycles. The molecule has 0 bridgehead atoms. The van der Waals surface area contributed by atoms with Gasteiger partial charge in [0.1, 0.15) is 5.56 Å². The molecule has 80 valence electrons. The molecule has 0 aliphatic rings. The summed E-state index contributed by atoms with van der Waals surface area (Å²) in [6, 6.07) is 1.46. The summed E-state index contributed by atoms with van der Waals surface area (Å²) in [4.78, 5) is 20.1. The van der Waals surface area contributed by atoms with E-state index in [-0.39, 0.29) is 5.69 Å². The Bertz CT molecular complexity index is 433. The summed E-state index contributed by atoms with van der Waals surface area (Å²) in [6.07, 6.45) is 0. The first-order valence-electron chi connectivity index (χ1n) is 3.86. The fourth-order valence-electron chi connectivity index (χ4n) is 1.08. The van der Waals surface area contributed by atoms with Crippen LogP contribution < -0.4 is 5.32 Å². The Morgan fingerprint density at radius 1 is 1.60 bits per heavy atom. The second-order valence-corrected chi connectivity index (χ2v) is 2.66. The predicted octanol–water partition coefficient (Wildman–Crippen LogP) is 1.47. The Balaban J connectivity index is 3.45. The van der Waals surface area contributed by atoms with Crippen molar-refractivity contribution in [2.45, 2.75) is 0 Å². The van der Waals surface area contributed by atoms with E-state index in [0.29, 0.717) is 6.07 Å². The minimum Gasteiger partial charge on any atom is -0.477 e. The van der Waals surface area contributed by atoms with Crippen LogP contribution in [0, 0.1) is 15.9 Å². The SMILES string of the molecule is CNc1cc(C(=O)O)c([N+](=O)[O-])cc1F. The summed E-state index contributed by atoms with van der Waals surface area (Å²) in [5.74, 6) is -2.34. The van der Waals surface area contributed by atoms with E-state index in [0.717, 1.165) is 6.07 Å². The number of nitrogens with zero attached hydrogens (tertiary/aromatic N) is 1. The fourth-order valence-corrected chi connectivity index (χ4v) is 1.08. The van der Waals surface area contributed by atoms with Gasteiger partial charge in [0.05, 0.1) is 16.7 Å². The van der Waals surface area contributed by atoms with Crippen molar-refractivity contribution in [3.05, 3.63) is 33.6 Å². The highest BCUT2D eigenvalue weighted by Crippen LogP contribution is 2.25. The molecule has 0 fully saturated rings. The van der Waals surface area contributed by atoms with E-state index in [1.165, 1.54) is 7.05 Å². The topological polar surface area (TPSA) is 92.5 Å². The van der Waals surface area contributed by atoms with Crippen LogP contribution in [0.15, 0.2) is 12.1 Å². The zero-order valence-corrected chi connectivity index (χ0v) is 7.65. The van der Waals surface area contributed by atoms with Crippen LogP contribution in [-0.4, -0.2) is 23.0 Å². The van der Waals surface area contributed by atoms with E-state index in [4.69, 9.17) is 5.11 Å². The number of anilines is 1. The van der Waals surface area contributed by atoms with E-state index in [1.807, 2.05) is 0 Å². The predicted molar refractivity (Wildman–Crippen MR) is 49.6 cm³/mol.